The first kappa shape index (κ1) is 16.2. The zero-order chi connectivity index (χ0) is 17.8. The molecule has 5 rings (SSSR count). The molecule has 0 spiro atoms. The SMILES string of the molecule is N#Cc1ccc(NC2CCCC2)cc1.c1cc2c(ncc3cncn32)[nH]1. The molecule has 130 valence electrons. The van der Waals surface area contributed by atoms with Crippen molar-refractivity contribution < 1.29 is 0 Å². The Labute approximate surface area is 151 Å². The number of hydrogen-bond donors (Lipinski definition) is 2. The molecule has 0 atom stereocenters. The monoisotopic (exact) mass is 344 g/mol. The number of H-pyrrole nitrogens is 1. The van der Waals surface area contributed by atoms with Crippen molar-refractivity contribution in [2.24, 2.45) is 0 Å². The van der Waals surface area contributed by atoms with Crippen LogP contribution in [0, 0.1) is 11.3 Å². The van der Waals surface area contributed by atoms with Crippen molar-refractivity contribution in [2.75, 3.05) is 5.32 Å². The molecule has 26 heavy (non-hydrogen) atoms. The average Bonchev–Trinajstić information content (AvgIpc) is 3.43. The minimum absolute atomic E-state index is 0.642. The molecule has 1 aliphatic rings. The highest BCUT2D eigenvalue weighted by Crippen LogP contribution is 2.22. The zero-order valence-corrected chi connectivity index (χ0v) is 14.4. The number of aromatic amines is 1. The van der Waals surface area contributed by atoms with Gasteiger partial charge in [-0.1, -0.05) is 12.8 Å². The summed E-state index contributed by atoms with van der Waals surface area (Å²) in [6.45, 7) is 0. The van der Waals surface area contributed by atoms with Crippen LogP contribution in [0.5, 0.6) is 0 Å². The van der Waals surface area contributed by atoms with Crippen molar-refractivity contribution in [3.63, 3.8) is 0 Å². The summed E-state index contributed by atoms with van der Waals surface area (Å²) in [6, 6.07) is 12.4. The first-order valence-electron chi connectivity index (χ1n) is 8.84. The Morgan fingerprint density at radius 3 is 2.69 bits per heavy atom. The normalized spacial score (nSPS) is 14.1. The topological polar surface area (TPSA) is 81.8 Å². The standard InChI is InChI=1S/C12H14N2.C8H6N4/c13-9-10-5-7-12(8-6-10)14-11-3-1-2-4-11;1-2-10-8-7(1)12-5-9-3-6(12)4-11-8/h5-8,11,14H,1-4H2;1-5,10H. The van der Waals surface area contributed by atoms with Crippen LogP contribution in [0.4, 0.5) is 5.69 Å². The fourth-order valence-electron chi connectivity index (χ4n) is 3.33. The van der Waals surface area contributed by atoms with Gasteiger partial charge in [-0.2, -0.15) is 5.26 Å². The summed E-state index contributed by atoms with van der Waals surface area (Å²) in [5.74, 6) is 0. The van der Waals surface area contributed by atoms with E-state index in [0.29, 0.717) is 6.04 Å². The maximum absolute atomic E-state index is 8.64. The number of hydrogen-bond acceptors (Lipinski definition) is 4. The molecule has 4 aromatic rings. The van der Waals surface area contributed by atoms with Crippen molar-refractivity contribution >= 4 is 22.4 Å². The van der Waals surface area contributed by atoms with Crippen LogP contribution in [0.2, 0.25) is 0 Å². The van der Waals surface area contributed by atoms with Gasteiger partial charge in [0.15, 0.2) is 5.65 Å². The molecule has 3 aromatic heterocycles. The Kier molecular flexibility index (Phi) is 4.52. The summed E-state index contributed by atoms with van der Waals surface area (Å²) < 4.78 is 2.00. The number of anilines is 1. The molecule has 2 N–H and O–H groups in total. The van der Waals surface area contributed by atoms with Gasteiger partial charge in [-0.3, -0.25) is 4.40 Å². The van der Waals surface area contributed by atoms with Crippen LogP contribution in [-0.2, 0) is 0 Å². The van der Waals surface area contributed by atoms with Crippen molar-refractivity contribution in [1.29, 1.82) is 5.26 Å². The minimum Gasteiger partial charge on any atom is -0.382 e. The Balaban J connectivity index is 0.000000130. The third kappa shape index (κ3) is 3.38. The summed E-state index contributed by atoms with van der Waals surface area (Å²) >= 11 is 0. The molecular weight excluding hydrogens is 324 g/mol. The van der Waals surface area contributed by atoms with E-state index in [0.717, 1.165) is 27.9 Å². The van der Waals surface area contributed by atoms with Crippen molar-refractivity contribution in [3.05, 3.63) is 60.8 Å². The van der Waals surface area contributed by atoms with Gasteiger partial charge in [0.2, 0.25) is 0 Å². The number of fused-ring (bicyclic) bond motifs is 3. The average molecular weight is 344 g/mol. The number of benzene rings is 1. The van der Waals surface area contributed by atoms with E-state index in [1.165, 1.54) is 25.7 Å². The molecule has 0 bridgehead atoms. The van der Waals surface area contributed by atoms with Gasteiger partial charge in [0.25, 0.3) is 0 Å². The van der Waals surface area contributed by atoms with Gasteiger partial charge in [0, 0.05) is 17.9 Å². The highest BCUT2D eigenvalue weighted by molar-refractivity contribution is 5.74. The number of aromatic nitrogens is 4. The molecule has 0 amide bonds. The van der Waals surface area contributed by atoms with Crippen LogP contribution in [-0.4, -0.2) is 25.4 Å². The van der Waals surface area contributed by atoms with Gasteiger partial charge in [0.1, 0.15) is 0 Å². The minimum atomic E-state index is 0.642. The fraction of sp³-hybridized carbons (Fsp3) is 0.250. The predicted molar refractivity (Wildman–Crippen MR) is 102 cm³/mol. The Bertz CT molecular complexity index is 982. The highest BCUT2D eigenvalue weighted by atomic mass is 15.0. The smallest absolute Gasteiger partial charge is 0.154 e. The molecule has 0 aliphatic heterocycles. The van der Waals surface area contributed by atoms with E-state index in [1.807, 2.05) is 40.9 Å². The predicted octanol–water partition coefficient (Wildman–Crippen LogP) is 4.12. The Morgan fingerprint density at radius 2 is 1.92 bits per heavy atom. The van der Waals surface area contributed by atoms with Gasteiger partial charge < -0.3 is 10.3 Å². The van der Waals surface area contributed by atoms with Crippen molar-refractivity contribution in [3.8, 4) is 6.07 Å². The van der Waals surface area contributed by atoms with Crippen molar-refractivity contribution in [2.45, 2.75) is 31.7 Å². The van der Waals surface area contributed by atoms with E-state index in [-0.39, 0.29) is 0 Å². The van der Waals surface area contributed by atoms with Gasteiger partial charge in [-0.05, 0) is 43.2 Å². The summed E-state index contributed by atoms with van der Waals surface area (Å²) in [7, 11) is 0. The Hall–Kier alpha value is -3.33. The number of rotatable bonds is 2. The van der Waals surface area contributed by atoms with Crippen LogP contribution in [0.1, 0.15) is 31.2 Å². The first-order valence-corrected chi connectivity index (χ1v) is 8.84. The van der Waals surface area contributed by atoms with Crippen molar-refractivity contribution in [1.82, 2.24) is 19.4 Å². The van der Waals surface area contributed by atoms with Crippen LogP contribution in [0.15, 0.2) is 55.2 Å². The quantitative estimate of drug-likeness (QED) is 0.573. The number of nitriles is 1. The summed E-state index contributed by atoms with van der Waals surface area (Å²) in [5.41, 5.74) is 4.82. The van der Waals surface area contributed by atoms with Crippen LogP contribution >= 0.6 is 0 Å². The largest absolute Gasteiger partial charge is 0.382 e. The van der Waals surface area contributed by atoms with Gasteiger partial charge >= 0.3 is 0 Å². The van der Waals surface area contributed by atoms with Crippen LogP contribution in [0.3, 0.4) is 0 Å². The fourth-order valence-corrected chi connectivity index (χ4v) is 3.33. The molecule has 1 saturated carbocycles. The molecular formula is C20H20N6. The maximum Gasteiger partial charge on any atom is 0.154 e. The second kappa shape index (κ2) is 7.28. The maximum atomic E-state index is 8.64. The van der Waals surface area contributed by atoms with E-state index < -0.39 is 0 Å². The van der Waals surface area contributed by atoms with E-state index in [4.69, 9.17) is 5.26 Å². The van der Waals surface area contributed by atoms with Gasteiger partial charge in [0.05, 0.1) is 41.4 Å². The second-order valence-corrected chi connectivity index (χ2v) is 6.47. The molecule has 6 heteroatoms. The molecule has 6 nitrogen and oxygen atoms in total. The van der Waals surface area contributed by atoms with Gasteiger partial charge in [-0.15, -0.1) is 0 Å². The third-order valence-corrected chi connectivity index (χ3v) is 4.70. The summed E-state index contributed by atoms with van der Waals surface area (Å²) in [4.78, 5) is 11.3. The lowest BCUT2D eigenvalue weighted by Gasteiger charge is -2.12. The van der Waals surface area contributed by atoms with E-state index >= 15 is 0 Å². The number of nitrogens with zero attached hydrogens (tertiary/aromatic N) is 4. The zero-order valence-electron chi connectivity index (χ0n) is 14.4. The number of nitrogens with one attached hydrogen (secondary N) is 2. The lowest BCUT2D eigenvalue weighted by atomic mass is 10.2. The first-order chi connectivity index (χ1) is 12.8. The molecule has 3 heterocycles. The van der Waals surface area contributed by atoms with Gasteiger partial charge in [-0.25, -0.2) is 9.97 Å². The lowest BCUT2D eigenvalue weighted by molar-refractivity contribution is 0.755. The van der Waals surface area contributed by atoms with Crippen LogP contribution in [0.25, 0.3) is 16.7 Å². The molecule has 0 unspecified atom stereocenters. The Morgan fingerprint density at radius 1 is 1.12 bits per heavy atom. The van der Waals surface area contributed by atoms with E-state index in [1.54, 1.807) is 18.7 Å². The molecule has 1 aromatic carbocycles. The molecule has 0 radical (unpaired) electrons. The third-order valence-electron chi connectivity index (χ3n) is 4.70. The highest BCUT2D eigenvalue weighted by Gasteiger charge is 2.13. The lowest BCUT2D eigenvalue weighted by Crippen LogP contribution is -2.14. The second-order valence-electron chi connectivity index (χ2n) is 6.47. The molecule has 1 fully saturated rings. The van der Waals surface area contributed by atoms with E-state index in [2.05, 4.69) is 26.3 Å². The summed E-state index contributed by atoms with van der Waals surface area (Å²) in [5, 5.41) is 12.1. The molecule has 1 aliphatic carbocycles. The summed E-state index contributed by atoms with van der Waals surface area (Å²) in [6.07, 6.45) is 12.5. The number of imidazole rings is 1. The van der Waals surface area contributed by atoms with E-state index in [9.17, 15) is 0 Å². The molecule has 0 saturated heterocycles. The van der Waals surface area contributed by atoms with Crippen LogP contribution < -0.4 is 5.32 Å².